The minimum atomic E-state index is -3.71. The van der Waals surface area contributed by atoms with E-state index in [1.54, 1.807) is 24.3 Å². The van der Waals surface area contributed by atoms with E-state index in [2.05, 4.69) is 24.3 Å². The predicted octanol–water partition coefficient (Wildman–Crippen LogP) is 3.73. The number of benzene rings is 2. The van der Waals surface area contributed by atoms with Gasteiger partial charge in [0, 0.05) is 47.9 Å². The molecule has 12 heteroatoms. The van der Waals surface area contributed by atoms with Crippen molar-refractivity contribution in [1.29, 1.82) is 0 Å². The van der Waals surface area contributed by atoms with Crippen LogP contribution in [0.1, 0.15) is 12.8 Å². The van der Waals surface area contributed by atoms with Crippen molar-refractivity contribution in [2.75, 3.05) is 22.7 Å². The molecule has 0 radical (unpaired) electrons. The summed E-state index contributed by atoms with van der Waals surface area (Å²) in [5.74, 6) is -0.0432. The molecule has 0 atom stereocenters. The number of amides is 1. The van der Waals surface area contributed by atoms with Crippen LogP contribution in [0.5, 0.6) is 0 Å². The molecule has 0 unspecified atom stereocenters. The molecule has 2 aromatic heterocycles. The molecule has 0 spiro atoms. The lowest BCUT2D eigenvalue weighted by atomic mass is 10.0. The number of sulfonamides is 1. The van der Waals surface area contributed by atoms with E-state index in [9.17, 15) is 13.2 Å². The van der Waals surface area contributed by atoms with Crippen LogP contribution in [0.2, 0.25) is 5.02 Å². The average molecular weight is 531 g/mol. The third kappa shape index (κ3) is 5.26. The van der Waals surface area contributed by atoms with Crippen molar-refractivity contribution in [3.8, 4) is 0 Å². The topological polar surface area (TPSA) is 109 Å². The van der Waals surface area contributed by atoms with Crippen LogP contribution in [0, 0.1) is 0 Å². The van der Waals surface area contributed by atoms with E-state index in [0.717, 1.165) is 54.1 Å². The molecule has 1 amide bonds. The number of nitrogens with one attached hydrogen (secondary N) is 2. The summed E-state index contributed by atoms with van der Waals surface area (Å²) in [6.07, 6.45) is 4.79. The lowest BCUT2D eigenvalue weighted by Crippen LogP contribution is -2.45. The van der Waals surface area contributed by atoms with Gasteiger partial charge in [0.05, 0.1) is 15.4 Å². The van der Waals surface area contributed by atoms with Crippen molar-refractivity contribution >= 4 is 60.8 Å². The molecule has 1 saturated heterocycles. The van der Waals surface area contributed by atoms with E-state index in [0.29, 0.717) is 5.02 Å². The standard InChI is InChI=1S/C23H23ClN6O3S2/c24-20-3-1-2-16-8-11-30(22(16)20)14-21(31)27-17-9-12-29(13-10-17)18-4-6-19(7-5-18)35(32,33)28-23-25-15-26-34-23/h1-8,11,15,17H,9-10,12-14H2,(H,27,31)(H,25,26,28). The van der Waals surface area contributed by atoms with Crippen molar-refractivity contribution in [1.82, 2.24) is 19.2 Å². The summed E-state index contributed by atoms with van der Waals surface area (Å²) in [6.45, 7) is 1.74. The van der Waals surface area contributed by atoms with Gasteiger partial charge in [-0.1, -0.05) is 23.7 Å². The van der Waals surface area contributed by atoms with Crippen molar-refractivity contribution in [2.45, 2.75) is 30.3 Å². The predicted molar refractivity (Wildman–Crippen MR) is 137 cm³/mol. The number of nitrogens with zero attached hydrogens (tertiary/aromatic N) is 4. The molecule has 182 valence electrons. The third-order valence-electron chi connectivity index (χ3n) is 6.01. The van der Waals surface area contributed by atoms with Crippen LogP contribution in [-0.2, 0) is 21.4 Å². The zero-order valence-corrected chi connectivity index (χ0v) is 21.0. The maximum Gasteiger partial charge on any atom is 0.263 e. The fourth-order valence-corrected chi connectivity index (χ4v) is 6.24. The van der Waals surface area contributed by atoms with Gasteiger partial charge in [-0.2, -0.15) is 4.37 Å². The van der Waals surface area contributed by atoms with Crippen LogP contribution < -0.4 is 14.9 Å². The lowest BCUT2D eigenvalue weighted by molar-refractivity contribution is -0.122. The Bertz CT molecular complexity index is 1430. The van der Waals surface area contributed by atoms with Gasteiger partial charge in [0.15, 0.2) is 0 Å². The number of aromatic nitrogens is 3. The molecule has 5 rings (SSSR count). The number of hydrogen-bond acceptors (Lipinski definition) is 7. The summed E-state index contributed by atoms with van der Waals surface area (Å²) in [4.78, 5) is 18.9. The molecule has 1 aliphatic rings. The second-order valence-corrected chi connectivity index (χ2v) is 11.2. The number of piperidine rings is 1. The first-order valence-corrected chi connectivity index (χ1v) is 13.7. The molecule has 0 bridgehead atoms. The van der Waals surface area contributed by atoms with Gasteiger partial charge in [-0.25, -0.2) is 13.4 Å². The summed E-state index contributed by atoms with van der Waals surface area (Å²) in [7, 11) is -3.71. The zero-order valence-electron chi connectivity index (χ0n) is 18.6. The van der Waals surface area contributed by atoms with Gasteiger partial charge in [-0.05, 0) is 49.2 Å². The van der Waals surface area contributed by atoms with Crippen molar-refractivity contribution in [3.05, 3.63) is 66.1 Å². The molecule has 35 heavy (non-hydrogen) atoms. The highest BCUT2D eigenvalue weighted by Gasteiger charge is 2.22. The smallest absolute Gasteiger partial charge is 0.263 e. The first-order valence-electron chi connectivity index (χ1n) is 11.1. The van der Waals surface area contributed by atoms with E-state index in [1.165, 1.54) is 6.33 Å². The first-order chi connectivity index (χ1) is 16.9. The van der Waals surface area contributed by atoms with E-state index in [-0.39, 0.29) is 28.5 Å². The number of halogens is 1. The highest BCUT2D eigenvalue weighted by molar-refractivity contribution is 7.93. The molecule has 1 aliphatic heterocycles. The van der Waals surface area contributed by atoms with Gasteiger partial charge in [0.2, 0.25) is 11.0 Å². The Labute approximate surface area is 212 Å². The maximum atomic E-state index is 12.7. The van der Waals surface area contributed by atoms with Gasteiger partial charge in [0.25, 0.3) is 10.0 Å². The minimum Gasteiger partial charge on any atom is -0.371 e. The molecule has 4 aromatic rings. The molecule has 1 fully saturated rings. The highest BCUT2D eigenvalue weighted by atomic mass is 35.5. The van der Waals surface area contributed by atoms with Crippen molar-refractivity contribution < 1.29 is 13.2 Å². The fourth-order valence-electron chi connectivity index (χ4n) is 4.28. The van der Waals surface area contributed by atoms with Crippen LogP contribution in [0.4, 0.5) is 10.8 Å². The fraction of sp³-hybridized carbons (Fsp3) is 0.261. The van der Waals surface area contributed by atoms with Crippen molar-refractivity contribution in [2.24, 2.45) is 0 Å². The number of fused-ring (bicyclic) bond motifs is 1. The molecule has 3 heterocycles. The Morgan fingerprint density at radius 1 is 1.11 bits per heavy atom. The summed E-state index contributed by atoms with van der Waals surface area (Å²) in [5, 5.41) is 5.00. The second kappa shape index (κ2) is 9.84. The Hall–Kier alpha value is -3.15. The van der Waals surface area contributed by atoms with Crippen molar-refractivity contribution in [3.63, 3.8) is 0 Å². The second-order valence-electron chi connectivity index (χ2n) is 8.30. The first kappa shape index (κ1) is 23.6. The molecular formula is C23H23ClN6O3S2. The molecule has 0 saturated carbocycles. The van der Waals surface area contributed by atoms with Gasteiger partial charge >= 0.3 is 0 Å². The highest BCUT2D eigenvalue weighted by Crippen LogP contribution is 2.25. The van der Waals surface area contributed by atoms with Gasteiger partial charge in [0.1, 0.15) is 12.9 Å². The number of hydrogen-bond donors (Lipinski definition) is 2. The summed E-state index contributed by atoms with van der Waals surface area (Å²) >= 11 is 7.30. The number of para-hydroxylation sites is 1. The van der Waals surface area contributed by atoms with Crippen LogP contribution in [0.3, 0.4) is 0 Å². The average Bonchev–Trinajstić information content (AvgIpc) is 3.50. The normalized spacial score (nSPS) is 14.8. The molecule has 2 N–H and O–H groups in total. The Morgan fingerprint density at radius 2 is 1.89 bits per heavy atom. The maximum absolute atomic E-state index is 12.7. The lowest BCUT2D eigenvalue weighted by Gasteiger charge is -2.34. The van der Waals surface area contributed by atoms with E-state index in [1.807, 2.05) is 35.0 Å². The van der Waals surface area contributed by atoms with E-state index < -0.39 is 10.0 Å². The quantitative estimate of drug-likeness (QED) is 0.377. The van der Waals surface area contributed by atoms with E-state index in [4.69, 9.17) is 11.6 Å². The zero-order chi connectivity index (χ0) is 24.4. The monoisotopic (exact) mass is 530 g/mol. The van der Waals surface area contributed by atoms with Gasteiger partial charge in [-0.3, -0.25) is 9.52 Å². The molecule has 0 aliphatic carbocycles. The summed E-state index contributed by atoms with van der Waals surface area (Å²) < 4.78 is 33.1. The number of carbonyl (C=O) groups is 1. The Kier molecular flexibility index (Phi) is 6.63. The summed E-state index contributed by atoms with van der Waals surface area (Å²) in [5.41, 5.74) is 1.81. The Balaban J connectivity index is 1.15. The molecule has 9 nitrogen and oxygen atoms in total. The minimum absolute atomic E-state index is 0.0432. The number of carbonyl (C=O) groups excluding carboxylic acids is 1. The largest absolute Gasteiger partial charge is 0.371 e. The number of rotatable bonds is 7. The van der Waals surface area contributed by atoms with Crippen LogP contribution in [-0.4, -0.2) is 47.4 Å². The van der Waals surface area contributed by atoms with Crippen LogP contribution in [0.15, 0.2) is 66.0 Å². The number of anilines is 2. The van der Waals surface area contributed by atoms with Crippen LogP contribution in [0.25, 0.3) is 10.9 Å². The Morgan fingerprint density at radius 3 is 2.60 bits per heavy atom. The van der Waals surface area contributed by atoms with Gasteiger partial charge in [-0.15, -0.1) is 0 Å². The van der Waals surface area contributed by atoms with Gasteiger partial charge < -0.3 is 14.8 Å². The molecule has 2 aromatic carbocycles. The SMILES string of the molecule is O=C(Cn1ccc2cccc(Cl)c21)NC1CCN(c2ccc(S(=O)(=O)Nc3ncns3)cc2)CC1. The molecular weight excluding hydrogens is 508 g/mol. The summed E-state index contributed by atoms with van der Waals surface area (Å²) in [6, 6.07) is 14.5. The van der Waals surface area contributed by atoms with E-state index >= 15 is 0 Å². The third-order valence-corrected chi connectivity index (χ3v) is 8.38. The van der Waals surface area contributed by atoms with Crippen LogP contribution >= 0.6 is 23.1 Å².